The van der Waals surface area contributed by atoms with Crippen molar-refractivity contribution in [3.8, 4) is 5.69 Å². The zero-order valence-corrected chi connectivity index (χ0v) is 18.7. The molecule has 2 aliphatic rings. The number of nitrogens with one attached hydrogen (secondary N) is 1. The number of nitrogens with zero attached hydrogens (tertiary/aromatic N) is 4. The molecule has 3 aromatic rings. The first kappa shape index (κ1) is 23.1. The lowest BCUT2D eigenvalue weighted by Crippen LogP contribution is -2.51. The molecule has 0 bridgehead atoms. The number of hydrogen-bond acceptors (Lipinski definition) is 4. The van der Waals surface area contributed by atoms with Crippen LogP contribution in [0.25, 0.3) is 16.6 Å². The van der Waals surface area contributed by atoms with Gasteiger partial charge in [-0.15, -0.1) is 0 Å². The van der Waals surface area contributed by atoms with Crippen LogP contribution in [0, 0.1) is 11.0 Å². The summed E-state index contributed by atoms with van der Waals surface area (Å²) in [6.07, 6.45) is -2.61. The van der Waals surface area contributed by atoms with E-state index < -0.39 is 11.7 Å². The molecule has 3 heterocycles. The van der Waals surface area contributed by atoms with Gasteiger partial charge in [0.25, 0.3) is 0 Å². The van der Waals surface area contributed by atoms with E-state index in [4.69, 9.17) is 0 Å². The first-order chi connectivity index (χ1) is 16.2. The fourth-order valence-electron chi connectivity index (χ4n) is 4.83. The highest BCUT2D eigenvalue weighted by Crippen LogP contribution is 2.37. The molecule has 182 valence electrons. The van der Waals surface area contributed by atoms with Crippen molar-refractivity contribution < 1.29 is 22.2 Å². The predicted octanol–water partition coefficient (Wildman–Crippen LogP) is 3.79. The Balaban J connectivity index is 1.40. The summed E-state index contributed by atoms with van der Waals surface area (Å²) >= 11 is 0. The molecule has 0 radical (unpaired) electrons. The summed E-state index contributed by atoms with van der Waals surface area (Å²) < 4.78 is 55.4. The Labute approximate surface area is 195 Å². The highest BCUT2D eigenvalue weighted by Gasteiger charge is 2.32. The van der Waals surface area contributed by atoms with Crippen LogP contribution in [-0.2, 0) is 6.18 Å². The quantitative estimate of drug-likeness (QED) is 0.345. The van der Waals surface area contributed by atoms with Gasteiger partial charge in [-0.25, -0.2) is 4.39 Å². The second-order valence-electron chi connectivity index (χ2n) is 9.08. The van der Waals surface area contributed by atoms with Crippen LogP contribution >= 0.6 is 0 Å². The average Bonchev–Trinajstić information content (AvgIpc) is 3.42. The first-order valence-electron chi connectivity index (χ1n) is 11.5. The number of quaternary nitrogens is 1. The van der Waals surface area contributed by atoms with Gasteiger partial charge in [0.2, 0.25) is 0 Å². The monoisotopic (exact) mass is 477 g/mol. The van der Waals surface area contributed by atoms with E-state index in [1.165, 1.54) is 24.3 Å². The fourth-order valence-corrected chi connectivity index (χ4v) is 4.83. The summed E-state index contributed by atoms with van der Waals surface area (Å²) in [4.78, 5) is 4.34. The molecule has 1 aromatic heterocycles. The molecule has 1 N–H and O–H groups in total. The Kier molecular flexibility index (Phi) is 6.01. The normalized spacial score (nSPS) is 22.1. The number of benzene rings is 2. The van der Waals surface area contributed by atoms with Gasteiger partial charge in [0, 0.05) is 50.0 Å². The Morgan fingerprint density at radius 1 is 1.00 bits per heavy atom. The first-order valence-corrected chi connectivity index (χ1v) is 11.5. The van der Waals surface area contributed by atoms with Gasteiger partial charge in [0.1, 0.15) is 12.5 Å². The van der Waals surface area contributed by atoms with Crippen molar-refractivity contribution in [1.82, 2.24) is 14.8 Å². The SMILES string of the molecule is [O-][N+]1(CCN2CCN(c3cn(-c4ccc(F)cc4)c4ccc(C(F)(F)F)cc34)CC2)CCNC1. The minimum absolute atomic E-state index is 0.217. The van der Waals surface area contributed by atoms with Crippen LogP contribution in [0.3, 0.4) is 0 Å². The van der Waals surface area contributed by atoms with Gasteiger partial charge in [0.15, 0.2) is 0 Å². The molecule has 0 saturated carbocycles. The molecule has 0 spiro atoms. The zero-order chi connectivity index (χ0) is 23.9. The standard InChI is InChI=1S/C24H27F4N5O/c25-19-2-4-20(5-3-19)32-16-23(21-15-18(24(26,27)28)1-6-22(21)32)31-10-8-30(9-11-31)12-14-33(34)13-7-29-17-33/h1-6,15-16,29H,7-14,17H2. The lowest BCUT2D eigenvalue weighted by molar-refractivity contribution is -0.868. The van der Waals surface area contributed by atoms with E-state index in [2.05, 4.69) is 15.1 Å². The van der Waals surface area contributed by atoms with Crippen molar-refractivity contribution in [1.29, 1.82) is 0 Å². The van der Waals surface area contributed by atoms with Gasteiger partial charge in [-0.1, -0.05) is 0 Å². The van der Waals surface area contributed by atoms with E-state index in [9.17, 15) is 22.8 Å². The van der Waals surface area contributed by atoms with E-state index in [1.807, 2.05) is 10.8 Å². The largest absolute Gasteiger partial charge is 0.632 e. The van der Waals surface area contributed by atoms with E-state index >= 15 is 0 Å². The third-order valence-electron chi connectivity index (χ3n) is 6.85. The van der Waals surface area contributed by atoms with Crippen molar-refractivity contribution in [2.45, 2.75) is 6.18 Å². The average molecular weight is 478 g/mol. The molecule has 0 aliphatic carbocycles. The van der Waals surface area contributed by atoms with Crippen LogP contribution in [0.4, 0.5) is 23.2 Å². The smallest absolute Gasteiger partial charge is 0.416 e. The second kappa shape index (κ2) is 8.84. The van der Waals surface area contributed by atoms with E-state index in [-0.39, 0.29) is 10.5 Å². The number of aromatic nitrogens is 1. The molecule has 34 heavy (non-hydrogen) atoms. The van der Waals surface area contributed by atoms with Crippen molar-refractivity contribution in [3.63, 3.8) is 0 Å². The summed E-state index contributed by atoms with van der Waals surface area (Å²) in [5, 5.41) is 16.2. The maximum Gasteiger partial charge on any atom is 0.416 e. The van der Waals surface area contributed by atoms with Gasteiger partial charge < -0.3 is 19.3 Å². The third-order valence-corrected chi connectivity index (χ3v) is 6.85. The summed E-state index contributed by atoms with van der Waals surface area (Å²) in [5.74, 6) is -0.372. The maximum atomic E-state index is 13.5. The minimum Gasteiger partial charge on any atom is -0.632 e. The summed E-state index contributed by atoms with van der Waals surface area (Å²) in [5.41, 5.74) is 1.35. The van der Waals surface area contributed by atoms with Crippen LogP contribution < -0.4 is 10.2 Å². The van der Waals surface area contributed by atoms with Gasteiger partial charge in [-0.2, -0.15) is 13.2 Å². The van der Waals surface area contributed by atoms with Crippen molar-refractivity contribution in [3.05, 3.63) is 65.2 Å². The van der Waals surface area contributed by atoms with Crippen molar-refractivity contribution >= 4 is 16.6 Å². The highest BCUT2D eigenvalue weighted by atomic mass is 19.4. The van der Waals surface area contributed by atoms with E-state index in [1.54, 1.807) is 12.1 Å². The van der Waals surface area contributed by atoms with E-state index in [0.29, 0.717) is 56.0 Å². The maximum absolute atomic E-state index is 13.5. The number of halogens is 4. The Morgan fingerprint density at radius 2 is 1.74 bits per heavy atom. The molecule has 1 atom stereocenters. The molecule has 2 aromatic carbocycles. The zero-order valence-electron chi connectivity index (χ0n) is 18.7. The number of fused-ring (bicyclic) bond motifs is 1. The summed E-state index contributed by atoms with van der Waals surface area (Å²) in [6, 6.07) is 9.66. The molecular weight excluding hydrogens is 450 g/mol. The summed E-state index contributed by atoms with van der Waals surface area (Å²) in [7, 11) is 0. The molecule has 0 amide bonds. The Morgan fingerprint density at radius 3 is 2.38 bits per heavy atom. The van der Waals surface area contributed by atoms with Crippen LogP contribution in [0.2, 0.25) is 0 Å². The molecule has 2 saturated heterocycles. The molecular formula is C24H27F4N5O. The minimum atomic E-state index is -4.44. The second-order valence-corrected chi connectivity index (χ2v) is 9.08. The topological polar surface area (TPSA) is 46.5 Å². The predicted molar refractivity (Wildman–Crippen MR) is 123 cm³/mol. The molecule has 5 rings (SSSR count). The molecule has 10 heteroatoms. The third kappa shape index (κ3) is 4.63. The molecule has 1 unspecified atom stereocenters. The fraction of sp³-hybridized carbons (Fsp3) is 0.417. The van der Waals surface area contributed by atoms with Crippen LogP contribution in [-0.4, -0.2) is 73.1 Å². The highest BCUT2D eigenvalue weighted by molar-refractivity contribution is 5.95. The van der Waals surface area contributed by atoms with Gasteiger partial charge in [0.05, 0.1) is 36.4 Å². The number of hydroxylamine groups is 3. The lowest BCUT2D eigenvalue weighted by atomic mass is 10.1. The van der Waals surface area contributed by atoms with Crippen LogP contribution in [0.15, 0.2) is 48.7 Å². The number of rotatable bonds is 5. The number of anilines is 1. The molecule has 2 aliphatic heterocycles. The Hall–Kier alpha value is -2.66. The van der Waals surface area contributed by atoms with Crippen LogP contribution in [0.1, 0.15) is 5.56 Å². The molecule has 6 nitrogen and oxygen atoms in total. The number of alkyl halides is 3. The van der Waals surface area contributed by atoms with Gasteiger partial charge in [-0.05, 0) is 42.5 Å². The number of piperazine rings is 1. The van der Waals surface area contributed by atoms with Gasteiger partial charge in [-0.3, -0.25) is 10.2 Å². The number of hydrogen-bond donors (Lipinski definition) is 1. The Bertz CT molecular complexity index is 1150. The molecule has 2 fully saturated rings. The van der Waals surface area contributed by atoms with Crippen molar-refractivity contribution in [2.24, 2.45) is 0 Å². The van der Waals surface area contributed by atoms with Crippen LogP contribution in [0.5, 0.6) is 0 Å². The van der Waals surface area contributed by atoms with E-state index in [0.717, 1.165) is 31.4 Å². The lowest BCUT2D eigenvalue weighted by Gasteiger charge is -2.41. The van der Waals surface area contributed by atoms with Crippen molar-refractivity contribution in [2.75, 3.05) is 63.9 Å². The summed E-state index contributed by atoms with van der Waals surface area (Å²) in [6.45, 7) is 5.78. The van der Waals surface area contributed by atoms with Gasteiger partial charge >= 0.3 is 6.18 Å².